The molecule has 2 rings (SSSR count). The second-order valence-electron chi connectivity index (χ2n) is 4.58. The van der Waals surface area contributed by atoms with Gasteiger partial charge in [-0.25, -0.2) is 4.98 Å². The highest BCUT2D eigenvalue weighted by Crippen LogP contribution is 2.21. The first-order valence-corrected chi connectivity index (χ1v) is 6.81. The summed E-state index contributed by atoms with van der Waals surface area (Å²) >= 11 is 1.59. The lowest BCUT2D eigenvalue weighted by Crippen LogP contribution is -2.35. The van der Waals surface area contributed by atoms with Crippen molar-refractivity contribution in [2.24, 2.45) is 0 Å². The zero-order chi connectivity index (χ0) is 11.5. The molecule has 3 nitrogen and oxygen atoms in total. The standard InChI is InChI=1S/C12H18N2OS/c1-9(2)11-13-10(8-16-11)12(15)14-6-4-3-5-7-14/h8-9H,3-7H2,1-2H3. The van der Waals surface area contributed by atoms with E-state index in [0.29, 0.717) is 11.6 Å². The molecule has 0 unspecified atom stereocenters. The van der Waals surface area contributed by atoms with Gasteiger partial charge in [0, 0.05) is 24.4 Å². The second-order valence-corrected chi connectivity index (χ2v) is 5.47. The summed E-state index contributed by atoms with van der Waals surface area (Å²) in [6, 6.07) is 0. The van der Waals surface area contributed by atoms with Crippen LogP contribution in [0.2, 0.25) is 0 Å². The van der Waals surface area contributed by atoms with Gasteiger partial charge in [-0.2, -0.15) is 0 Å². The Morgan fingerprint density at radius 2 is 2.06 bits per heavy atom. The van der Waals surface area contributed by atoms with Crippen LogP contribution in [-0.4, -0.2) is 28.9 Å². The Balaban J connectivity index is 2.07. The van der Waals surface area contributed by atoms with Gasteiger partial charge < -0.3 is 4.90 Å². The number of hydrogen-bond donors (Lipinski definition) is 0. The van der Waals surface area contributed by atoms with Gasteiger partial charge in [0.2, 0.25) is 0 Å². The lowest BCUT2D eigenvalue weighted by atomic mass is 10.1. The minimum absolute atomic E-state index is 0.114. The number of carbonyl (C=O) groups excluding carboxylic acids is 1. The van der Waals surface area contributed by atoms with E-state index in [0.717, 1.165) is 30.9 Å². The number of aromatic nitrogens is 1. The number of carbonyl (C=O) groups is 1. The van der Waals surface area contributed by atoms with Gasteiger partial charge in [-0.3, -0.25) is 4.79 Å². The molecule has 88 valence electrons. The third-order valence-corrected chi connectivity index (χ3v) is 4.02. The number of hydrogen-bond acceptors (Lipinski definition) is 3. The summed E-state index contributed by atoms with van der Waals surface area (Å²) in [6.07, 6.45) is 3.51. The summed E-state index contributed by atoms with van der Waals surface area (Å²) < 4.78 is 0. The summed E-state index contributed by atoms with van der Waals surface area (Å²) in [5, 5.41) is 2.95. The van der Waals surface area contributed by atoms with E-state index in [1.54, 1.807) is 11.3 Å². The first-order chi connectivity index (χ1) is 7.68. The fourth-order valence-electron chi connectivity index (χ4n) is 1.91. The molecule has 0 aromatic carbocycles. The Hall–Kier alpha value is -0.900. The van der Waals surface area contributed by atoms with Crippen molar-refractivity contribution in [3.63, 3.8) is 0 Å². The van der Waals surface area contributed by atoms with Crippen molar-refractivity contribution in [1.29, 1.82) is 0 Å². The molecule has 0 aliphatic carbocycles. The van der Waals surface area contributed by atoms with Crippen LogP contribution in [0, 0.1) is 0 Å². The van der Waals surface area contributed by atoms with E-state index in [2.05, 4.69) is 18.8 Å². The minimum atomic E-state index is 0.114. The van der Waals surface area contributed by atoms with Crippen LogP contribution < -0.4 is 0 Å². The monoisotopic (exact) mass is 238 g/mol. The maximum Gasteiger partial charge on any atom is 0.273 e. The van der Waals surface area contributed by atoms with Crippen LogP contribution in [0.5, 0.6) is 0 Å². The molecule has 0 atom stereocenters. The van der Waals surface area contributed by atoms with Gasteiger partial charge in [0.1, 0.15) is 5.69 Å². The SMILES string of the molecule is CC(C)c1nc(C(=O)N2CCCCC2)cs1. The van der Waals surface area contributed by atoms with Crippen LogP contribution in [0.25, 0.3) is 0 Å². The van der Waals surface area contributed by atoms with Crippen LogP contribution in [0.3, 0.4) is 0 Å². The average Bonchev–Trinajstić information content (AvgIpc) is 2.78. The molecule has 1 aromatic heterocycles. The zero-order valence-corrected chi connectivity index (χ0v) is 10.7. The average molecular weight is 238 g/mol. The first kappa shape index (κ1) is 11.6. The van der Waals surface area contributed by atoms with Crippen molar-refractivity contribution < 1.29 is 4.79 Å². The summed E-state index contributed by atoms with van der Waals surface area (Å²) in [5.41, 5.74) is 0.635. The second kappa shape index (κ2) is 4.95. The maximum atomic E-state index is 12.1. The highest BCUT2D eigenvalue weighted by molar-refractivity contribution is 7.09. The molecule has 0 saturated carbocycles. The molecule has 1 saturated heterocycles. The van der Waals surface area contributed by atoms with Crippen molar-refractivity contribution in [2.45, 2.75) is 39.0 Å². The van der Waals surface area contributed by atoms with Crippen molar-refractivity contribution in [1.82, 2.24) is 9.88 Å². The number of nitrogens with zero attached hydrogens (tertiary/aromatic N) is 2. The fourth-order valence-corrected chi connectivity index (χ4v) is 2.72. The number of amides is 1. The van der Waals surface area contributed by atoms with E-state index in [9.17, 15) is 4.79 Å². The molecule has 1 amide bonds. The Kier molecular flexibility index (Phi) is 3.59. The van der Waals surface area contributed by atoms with E-state index in [4.69, 9.17) is 0 Å². The summed E-state index contributed by atoms with van der Waals surface area (Å²) in [4.78, 5) is 18.5. The highest BCUT2D eigenvalue weighted by Gasteiger charge is 2.20. The zero-order valence-electron chi connectivity index (χ0n) is 9.90. The minimum Gasteiger partial charge on any atom is -0.337 e. The topological polar surface area (TPSA) is 33.2 Å². The first-order valence-electron chi connectivity index (χ1n) is 5.93. The van der Waals surface area contributed by atoms with Crippen molar-refractivity contribution in [3.8, 4) is 0 Å². The van der Waals surface area contributed by atoms with Gasteiger partial charge in [0.25, 0.3) is 5.91 Å². The van der Waals surface area contributed by atoms with Gasteiger partial charge in [0.15, 0.2) is 0 Å². The normalized spacial score (nSPS) is 16.8. The predicted octanol–water partition coefficient (Wildman–Crippen LogP) is 2.89. The van der Waals surface area contributed by atoms with Crippen LogP contribution >= 0.6 is 11.3 Å². The fraction of sp³-hybridized carbons (Fsp3) is 0.667. The number of rotatable bonds is 2. The Bertz CT molecular complexity index is 367. The summed E-state index contributed by atoms with van der Waals surface area (Å²) in [7, 11) is 0. The van der Waals surface area contributed by atoms with Gasteiger partial charge in [0.05, 0.1) is 5.01 Å². The molecule has 0 spiro atoms. The third-order valence-electron chi connectivity index (χ3n) is 2.88. The van der Waals surface area contributed by atoms with Gasteiger partial charge >= 0.3 is 0 Å². The van der Waals surface area contributed by atoms with Crippen molar-refractivity contribution >= 4 is 17.2 Å². The molecule has 0 radical (unpaired) electrons. The molecule has 1 aliphatic heterocycles. The van der Waals surface area contributed by atoms with Crippen LogP contribution in [0.15, 0.2) is 5.38 Å². The van der Waals surface area contributed by atoms with E-state index in [1.165, 1.54) is 6.42 Å². The molecule has 1 fully saturated rings. The molecule has 16 heavy (non-hydrogen) atoms. The smallest absolute Gasteiger partial charge is 0.273 e. The molecule has 0 bridgehead atoms. The molecule has 1 aliphatic rings. The predicted molar refractivity (Wildman–Crippen MR) is 66.0 cm³/mol. The van der Waals surface area contributed by atoms with E-state index < -0.39 is 0 Å². The van der Waals surface area contributed by atoms with E-state index in [1.807, 2.05) is 10.3 Å². The lowest BCUT2D eigenvalue weighted by molar-refractivity contribution is 0.0719. The molecular weight excluding hydrogens is 220 g/mol. The van der Waals surface area contributed by atoms with Crippen LogP contribution in [-0.2, 0) is 0 Å². The van der Waals surface area contributed by atoms with Crippen molar-refractivity contribution in [3.05, 3.63) is 16.1 Å². The quantitative estimate of drug-likeness (QED) is 0.793. The highest BCUT2D eigenvalue weighted by atomic mass is 32.1. The number of likely N-dealkylation sites (tertiary alicyclic amines) is 1. The maximum absolute atomic E-state index is 12.1. The molecule has 0 N–H and O–H groups in total. The Labute approximate surface area is 100 Å². The number of piperidine rings is 1. The van der Waals surface area contributed by atoms with Crippen LogP contribution in [0.4, 0.5) is 0 Å². The van der Waals surface area contributed by atoms with Gasteiger partial charge in [-0.15, -0.1) is 11.3 Å². The molecule has 1 aromatic rings. The van der Waals surface area contributed by atoms with E-state index >= 15 is 0 Å². The lowest BCUT2D eigenvalue weighted by Gasteiger charge is -2.25. The Morgan fingerprint density at radius 3 is 2.62 bits per heavy atom. The number of thiazole rings is 1. The van der Waals surface area contributed by atoms with Crippen LogP contribution in [0.1, 0.15) is 54.5 Å². The molecule has 4 heteroatoms. The summed E-state index contributed by atoms with van der Waals surface area (Å²) in [5.74, 6) is 0.524. The molecule has 2 heterocycles. The third kappa shape index (κ3) is 2.43. The summed E-state index contributed by atoms with van der Waals surface area (Å²) in [6.45, 7) is 6.00. The largest absolute Gasteiger partial charge is 0.337 e. The van der Waals surface area contributed by atoms with Gasteiger partial charge in [-0.05, 0) is 19.3 Å². The van der Waals surface area contributed by atoms with Crippen molar-refractivity contribution in [2.75, 3.05) is 13.1 Å². The molecular formula is C12H18N2OS. The van der Waals surface area contributed by atoms with E-state index in [-0.39, 0.29) is 5.91 Å². The Morgan fingerprint density at radius 1 is 1.38 bits per heavy atom. The van der Waals surface area contributed by atoms with Gasteiger partial charge in [-0.1, -0.05) is 13.8 Å².